The van der Waals surface area contributed by atoms with Gasteiger partial charge < -0.3 is 4.74 Å². The Morgan fingerprint density at radius 1 is 1.21 bits per heavy atom. The van der Waals surface area contributed by atoms with Crippen LogP contribution in [0.15, 0.2) is 51.8 Å². The predicted molar refractivity (Wildman–Crippen MR) is 117 cm³/mol. The van der Waals surface area contributed by atoms with Gasteiger partial charge in [0.2, 0.25) is 0 Å². The van der Waals surface area contributed by atoms with Crippen LogP contribution in [0.25, 0.3) is 0 Å². The van der Waals surface area contributed by atoms with Crippen LogP contribution in [-0.4, -0.2) is 26.8 Å². The monoisotopic (exact) mass is 465 g/mol. The molecule has 0 unspecified atom stereocenters. The Kier molecular flexibility index (Phi) is 6.52. The first-order valence-corrected chi connectivity index (χ1v) is 12.2. The summed E-state index contributed by atoms with van der Waals surface area (Å²) in [6.07, 6.45) is 3.60. The van der Waals surface area contributed by atoms with Crippen molar-refractivity contribution in [3.05, 3.63) is 58.1 Å². The van der Waals surface area contributed by atoms with Crippen molar-refractivity contribution in [1.82, 2.24) is 5.32 Å². The number of benzene rings is 2. The van der Waals surface area contributed by atoms with Crippen molar-refractivity contribution in [3.8, 4) is 5.75 Å². The summed E-state index contributed by atoms with van der Waals surface area (Å²) in [4.78, 5) is 0.362. The van der Waals surface area contributed by atoms with Crippen LogP contribution < -0.4 is 10.1 Å². The maximum absolute atomic E-state index is 13.5. The summed E-state index contributed by atoms with van der Waals surface area (Å²) in [5.74, 6) is 0.629. The molecule has 0 radical (unpaired) electrons. The number of ether oxygens (including phenoxy) is 1. The minimum Gasteiger partial charge on any atom is -0.496 e. The van der Waals surface area contributed by atoms with Crippen LogP contribution in [0, 0.1) is 0 Å². The standard InChI is InChI=1S/C22H28BrNO3S/c1-4-6-12-22(5-2)15-28(25,26)20-14-19(27-3)18(23)13-17(20)21(24-22)16-10-8-7-9-11-16/h7-11,13-14,21,24H,4-6,12,15H2,1-3H3/t21-,22+/m0/s1. The summed E-state index contributed by atoms with van der Waals surface area (Å²) in [6, 6.07) is 13.4. The Labute approximate surface area is 176 Å². The van der Waals surface area contributed by atoms with Crippen LogP contribution >= 0.6 is 15.9 Å². The highest BCUT2D eigenvalue weighted by Gasteiger charge is 2.42. The number of unbranched alkanes of at least 4 members (excludes halogenated alkanes) is 1. The van der Waals surface area contributed by atoms with Crippen LogP contribution in [0.3, 0.4) is 0 Å². The summed E-state index contributed by atoms with van der Waals surface area (Å²) in [5.41, 5.74) is 1.37. The first kappa shape index (κ1) is 21.3. The molecule has 2 aromatic rings. The van der Waals surface area contributed by atoms with E-state index in [1.165, 1.54) is 0 Å². The summed E-state index contributed by atoms with van der Waals surface area (Å²) in [6.45, 7) is 4.21. The van der Waals surface area contributed by atoms with Gasteiger partial charge in [-0.2, -0.15) is 0 Å². The number of sulfone groups is 1. The van der Waals surface area contributed by atoms with Crippen molar-refractivity contribution >= 4 is 25.8 Å². The van der Waals surface area contributed by atoms with E-state index in [1.54, 1.807) is 13.2 Å². The highest BCUT2D eigenvalue weighted by molar-refractivity contribution is 9.10. The molecule has 1 N–H and O–H groups in total. The van der Waals surface area contributed by atoms with Crippen molar-refractivity contribution in [2.24, 2.45) is 0 Å². The highest BCUT2D eigenvalue weighted by atomic mass is 79.9. The molecule has 1 aliphatic rings. The average Bonchev–Trinajstić information content (AvgIpc) is 2.79. The topological polar surface area (TPSA) is 55.4 Å². The van der Waals surface area contributed by atoms with E-state index in [1.807, 2.05) is 24.3 Å². The van der Waals surface area contributed by atoms with Crippen molar-refractivity contribution in [3.63, 3.8) is 0 Å². The molecule has 2 atom stereocenters. The molecule has 4 nitrogen and oxygen atoms in total. The van der Waals surface area contributed by atoms with Gasteiger partial charge in [0.05, 0.1) is 28.3 Å². The van der Waals surface area contributed by atoms with Crippen molar-refractivity contribution < 1.29 is 13.2 Å². The van der Waals surface area contributed by atoms with Gasteiger partial charge in [-0.3, -0.25) is 5.32 Å². The molecule has 0 aromatic heterocycles. The Morgan fingerprint density at radius 3 is 2.54 bits per heavy atom. The molecule has 1 heterocycles. The predicted octanol–water partition coefficient (Wildman–Crippen LogP) is 5.26. The van der Waals surface area contributed by atoms with E-state index >= 15 is 0 Å². The number of methoxy groups -OCH3 is 1. The molecule has 2 aromatic carbocycles. The van der Waals surface area contributed by atoms with Gasteiger partial charge in [0, 0.05) is 11.6 Å². The van der Waals surface area contributed by atoms with Gasteiger partial charge in [0.1, 0.15) is 5.75 Å². The van der Waals surface area contributed by atoms with Crippen molar-refractivity contribution in [2.45, 2.75) is 56.0 Å². The second-order valence-electron chi connectivity index (χ2n) is 7.51. The zero-order valence-corrected chi connectivity index (χ0v) is 19.1. The number of fused-ring (bicyclic) bond motifs is 1. The smallest absolute Gasteiger partial charge is 0.180 e. The third-order valence-corrected chi connectivity index (χ3v) is 8.24. The third-order valence-electron chi connectivity index (χ3n) is 5.67. The number of hydrogen-bond donors (Lipinski definition) is 1. The minimum atomic E-state index is -3.48. The van der Waals surface area contributed by atoms with Gasteiger partial charge in [0.25, 0.3) is 0 Å². The first-order valence-electron chi connectivity index (χ1n) is 9.78. The Bertz CT molecular complexity index is 930. The molecule has 3 rings (SSSR count). The van der Waals surface area contributed by atoms with Crippen LogP contribution in [-0.2, 0) is 9.84 Å². The van der Waals surface area contributed by atoms with Crippen LogP contribution in [0.1, 0.15) is 56.7 Å². The molecule has 152 valence electrons. The van der Waals surface area contributed by atoms with Crippen LogP contribution in [0.5, 0.6) is 5.75 Å². The lowest BCUT2D eigenvalue weighted by Gasteiger charge is -2.36. The molecule has 0 aliphatic carbocycles. The molecule has 1 aliphatic heterocycles. The largest absolute Gasteiger partial charge is 0.496 e. The van der Waals surface area contributed by atoms with E-state index < -0.39 is 15.4 Å². The Morgan fingerprint density at radius 2 is 1.93 bits per heavy atom. The Balaban J connectivity index is 2.25. The molecular weight excluding hydrogens is 438 g/mol. The van der Waals surface area contributed by atoms with E-state index in [9.17, 15) is 8.42 Å². The summed E-state index contributed by atoms with van der Waals surface area (Å²) >= 11 is 3.54. The Hall–Kier alpha value is -1.37. The minimum absolute atomic E-state index is 0.0949. The number of hydrogen-bond acceptors (Lipinski definition) is 4. The summed E-state index contributed by atoms with van der Waals surface area (Å²) in [7, 11) is -1.93. The zero-order valence-electron chi connectivity index (χ0n) is 16.7. The second-order valence-corrected chi connectivity index (χ2v) is 10.3. The second kappa shape index (κ2) is 8.56. The van der Waals surface area contributed by atoms with Gasteiger partial charge in [-0.15, -0.1) is 0 Å². The quantitative estimate of drug-likeness (QED) is 0.631. The van der Waals surface area contributed by atoms with Gasteiger partial charge in [0.15, 0.2) is 9.84 Å². The molecule has 28 heavy (non-hydrogen) atoms. The van der Waals surface area contributed by atoms with Gasteiger partial charge in [-0.25, -0.2) is 8.42 Å². The maximum Gasteiger partial charge on any atom is 0.180 e. The van der Waals surface area contributed by atoms with E-state index in [0.29, 0.717) is 10.6 Å². The first-order chi connectivity index (χ1) is 13.4. The highest BCUT2D eigenvalue weighted by Crippen LogP contribution is 2.41. The zero-order chi connectivity index (χ0) is 20.4. The van der Waals surface area contributed by atoms with Crippen molar-refractivity contribution in [1.29, 1.82) is 0 Å². The molecule has 0 saturated carbocycles. The van der Waals surface area contributed by atoms with E-state index in [2.05, 4.69) is 47.2 Å². The molecular formula is C22H28BrNO3S. The van der Waals surface area contributed by atoms with E-state index in [0.717, 1.165) is 41.3 Å². The van der Waals surface area contributed by atoms with E-state index in [4.69, 9.17) is 4.74 Å². The van der Waals surface area contributed by atoms with Gasteiger partial charge >= 0.3 is 0 Å². The molecule has 6 heteroatoms. The lowest BCUT2D eigenvalue weighted by molar-refractivity contribution is 0.295. The number of halogens is 1. The molecule has 0 fully saturated rings. The molecule has 0 spiro atoms. The fraction of sp³-hybridized carbons (Fsp3) is 0.455. The van der Waals surface area contributed by atoms with Gasteiger partial charge in [-0.05, 0) is 46.0 Å². The SMILES string of the molecule is CCCC[C@]1(CC)CS(=O)(=O)c2cc(OC)c(Br)cc2[C@H](c2ccccc2)N1. The fourth-order valence-electron chi connectivity index (χ4n) is 4.02. The average molecular weight is 466 g/mol. The molecule has 0 amide bonds. The lowest BCUT2D eigenvalue weighted by atomic mass is 9.88. The lowest BCUT2D eigenvalue weighted by Crippen LogP contribution is -2.50. The summed E-state index contributed by atoms with van der Waals surface area (Å²) < 4.78 is 33.1. The number of nitrogens with one attached hydrogen (secondary N) is 1. The van der Waals surface area contributed by atoms with Crippen LogP contribution in [0.4, 0.5) is 0 Å². The van der Waals surface area contributed by atoms with Crippen molar-refractivity contribution in [2.75, 3.05) is 12.9 Å². The third kappa shape index (κ3) is 4.14. The molecule has 0 saturated heterocycles. The van der Waals surface area contributed by atoms with Gasteiger partial charge in [-0.1, -0.05) is 57.0 Å². The number of rotatable bonds is 6. The fourth-order valence-corrected chi connectivity index (χ4v) is 6.68. The summed E-state index contributed by atoms with van der Waals surface area (Å²) in [5, 5.41) is 3.77. The van der Waals surface area contributed by atoms with E-state index in [-0.39, 0.29) is 11.8 Å². The maximum atomic E-state index is 13.5. The normalized spacial score (nSPS) is 23.6. The molecule has 0 bridgehead atoms. The van der Waals surface area contributed by atoms with Crippen LogP contribution in [0.2, 0.25) is 0 Å².